The highest BCUT2D eigenvalue weighted by molar-refractivity contribution is 9.10. The Kier molecular flexibility index (Phi) is 4.77. The molecule has 2 heterocycles. The average molecular weight is 411 g/mol. The van der Waals surface area contributed by atoms with Crippen molar-refractivity contribution >= 4 is 38.2 Å². The van der Waals surface area contributed by atoms with Gasteiger partial charge in [0.1, 0.15) is 0 Å². The van der Waals surface area contributed by atoms with E-state index >= 15 is 0 Å². The van der Waals surface area contributed by atoms with Crippen molar-refractivity contribution < 1.29 is 19.4 Å². The zero-order chi connectivity index (χ0) is 17.3. The van der Waals surface area contributed by atoms with Crippen LogP contribution in [0.2, 0.25) is 0 Å². The standard InChI is InChI=1S/C16H15BrN2O4S/c1-3-22-13-5-9(10(17)6-14(13)23-4-2)12-8-24-16-18-11(15(20)21)7-19(12)16/h5-8H,3-4H2,1-2H3,(H,20,21). The van der Waals surface area contributed by atoms with E-state index in [4.69, 9.17) is 14.6 Å². The highest BCUT2D eigenvalue weighted by Crippen LogP contribution is 2.40. The van der Waals surface area contributed by atoms with Gasteiger partial charge >= 0.3 is 5.97 Å². The number of rotatable bonds is 6. The predicted molar refractivity (Wildman–Crippen MR) is 95.5 cm³/mol. The van der Waals surface area contributed by atoms with Crippen LogP contribution in [0.4, 0.5) is 0 Å². The topological polar surface area (TPSA) is 73.1 Å². The van der Waals surface area contributed by atoms with Crippen molar-refractivity contribution in [3.8, 4) is 22.8 Å². The summed E-state index contributed by atoms with van der Waals surface area (Å²) in [6, 6.07) is 3.75. The lowest BCUT2D eigenvalue weighted by Crippen LogP contribution is -1.99. The number of hydrogen-bond donors (Lipinski definition) is 1. The molecule has 126 valence electrons. The Morgan fingerprint density at radius 1 is 1.29 bits per heavy atom. The molecule has 0 aliphatic carbocycles. The van der Waals surface area contributed by atoms with E-state index in [0.717, 1.165) is 15.7 Å². The van der Waals surface area contributed by atoms with Crippen molar-refractivity contribution in [1.29, 1.82) is 0 Å². The molecule has 0 amide bonds. The number of carbonyl (C=O) groups is 1. The van der Waals surface area contributed by atoms with Crippen LogP contribution in [0, 0.1) is 0 Å². The van der Waals surface area contributed by atoms with Gasteiger partial charge in [-0.2, -0.15) is 0 Å². The van der Waals surface area contributed by atoms with Crippen LogP contribution in [-0.4, -0.2) is 33.7 Å². The zero-order valence-corrected chi connectivity index (χ0v) is 15.5. The lowest BCUT2D eigenvalue weighted by Gasteiger charge is -2.14. The number of benzene rings is 1. The Morgan fingerprint density at radius 2 is 1.96 bits per heavy atom. The molecule has 0 saturated carbocycles. The monoisotopic (exact) mass is 410 g/mol. The molecule has 0 radical (unpaired) electrons. The third-order valence-corrected chi connectivity index (χ3v) is 4.83. The van der Waals surface area contributed by atoms with Gasteiger partial charge < -0.3 is 14.6 Å². The number of halogens is 1. The summed E-state index contributed by atoms with van der Waals surface area (Å²) >= 11 is 4.95. The molecule has 1 N–H and O–H groups in total. The molecule has 0 atom stereocenters. The summed E-state index contributed by atoms with van der Waals surface area (Å²) < 4.78 is 13.9. The number of imidazole rings is 1. The number of aromatic nitrogens is 2. The maximum atomic E-state index is 11.1. The van der Waals surface area contributed by atoms with Gasteiger partial charge in [-0.3, -0.25) is 4.40 Å². The summed E-state index contributed by atoms with van der Waals surface area (Å²) in [4.78, 5) is 15.9. The molecule has 6 nitrogen and oxygen atoms in total. The zero-order valence-electron chi connectivity index (χ0n) is 13.1. The van der Waals surface area contributed by atoms with Gasteiger partial charge in [0.05, 0.1) is 18.9 Å². The van der Waals surface area contributed by atoms with E-state index in [0.29, 0.717) is 29.7 Å². The second kappa shape index (κ2) is 6.82. The maximum absolute atomic E-state index is 11.1. The van der Waals surface area contributed by atoms with Crippen molar-refractivity contribution in [3.05, 3.63) is 33.9 Å². The smallest absolute Gasteiger partial charge is 0.356 e. The number of carboxylic acids is 1. The molecule has 24 heavy (non-hydrogen) atoms. The molecule has 0 unspecified atom stereocenters. The third-order valence-electron chi connectivity index (χ3n) is 3.34. The van der Waals surface area contributed by atoms with Crippen LogP contribution < -0.4 is 9.47 Å². The molecular weight excluding hydrogens is 396 g/mol. The highest BCUT2D eigenvalue weighted by atomic mass is 79.9. The second-order valence-electron chi connectivity index (χ2n) is 4.85. The van der Waals surface area contributed by atoms with Crippen LogP contribution in [0.3, 0.4) is 0 Å². The van der Waals surface area contributed by atoms with E-state index < -0.39 is 5.97 Å². The van der Waals surface area contributed by atoms with Gasteiger partial charge in [0, 0.05) is 21.6 Å². The number of ether oxygens (including phenoxy) is 2. The molecule has 0 bridgehead atoms. The molecule has 0 aliphatic rings. The fourth-order valence-corrected chi connectivity index (χ4v) is 3.75. The Hall–Kier alpha value is -2.06. The first-order valence-electron chi connectivity index (χ1n) is 7.34. The van der Waals surface area contributed by atoms with Gasteiger partial charge in [-0.05, 0) is 41.9 Å². The molecule has 0 saturated heterocycles. The minimum Gasteiger partial charge on any atom is -0.490 e. The Bertz CT molecular complexity index is 903. The fraction of sp³-hybridized carbons (Fsp3) is 0.250. The Labute approximate surface area is 150 Å². The molecule has 2 aromatic heterocycles. The van der Waals surface area contributed by atoms with Crippen molar-refractivity contribution in [2.45, 2.75) is 13.8 Å². The summed E-state index contributed by atoms with van der Waals surface area (Å²) in [6.07, 6.45) is 1.52. The van der Waals surface area contributed by atoms with E-state index in [9.17, 15) is 4.79 Å². The van der Waals surface area contributed by atoms with E-state index in [1.807, 2.05) is 31.4 Å². The van der Waals surface area contributed by atoms with E-state index in [1.54, 1.807) is 4.40 Å². The third kappa shape index (κ3) is 2.99. The second-order valence-corrected chi connectivity index (χ2v) is 6.54. The first kappa shape index (κ1) is 16.8. The van der Waals surface area contributed by atoms with E-state index in [1.165, 1.54) is 17.5 Å². The fourth-order valence-electron chi connectivity index (χ4n) is 2.35. The summed E-state index contributed by atoms with van der Waals surface area (Å²) in [6.45, 7) is 4.89. The molecule has 8 heteroatoms. The minimum absolute atomic E-state index is 0.0233. The van der Waals surface area contributed by atoms with Crippen LogP contribution in [-0.2, 0) is 0 Å². The summed E-state index contributed by atoms with van der Waals surface area (Å²) in [5.74, 6) is 0.270. The molecule has 1 aromatic carbocycles. The molecule has 0 fully saturated rings. The maximum Gasteiger partial charge on any atom is 0.356 e. The molecular formula is C16H15BrN2O4S. The van der Waals surface area contributed by atoms with Crippen LogP contribution in [0.1, 0.15) is 24.3 Å². The number of nitrogens with zero attached hydrogens (tertiary/aromatic N) is 2. The molecule has 3 rings (SSSR count). The van der Waals surface area contributed by atoms with Crippen molar-refractivity contribution in [3.63, 3.8) is 0 Å². The van der Waals surface area contributed by atoms with Gasteiger partial charge in [-0.25, -0.2) is 9.78 Å². The number of aromatic carboxylic acids is 1. The quantitative estimate of drug-likeness (QED) is 0.654. The van der Waals surface area contributed by atoms with Gasteiger partial charge in [0.15, 0.2) is 22.2 Å². The van der Waals surface area contributed by atoms with Crippen molar-refractivity contribution in [2.75, 3.05) is 13.2 Å². The van der Waals surface area contributed by atoms with Gasteiger partial charge in [-0.15, -0.1) is 11.3 Å². The first-order valence-corrected chi connectivity index (χ1v) is 9.01. The molecule has 0 aliphatic heterocycles. The number of fused-ring (bicyclic) bond motifs is 1. The Balaban J connectivity index is 2.14. The predicted octanol–water partition coefficient (Wildman–Crippen LogP) is 4.32. The average Bonchev–Trinajstić information content (AvgIpc) is 3.11. The minimum atomic E-state index is -1.04. The van der Waals surface area contributed by atoms with Gasteiger partial charge in [-0.1, -0.05) is 0 Å². The van der Waals surface area contributed by atoms with Crippen molar-refractivity contribution in [2.24, 2.45) is 0 Å². The van der Waals surface area contributed by atoms with E-state index in [-0.39, 0.29) is 5.69 Å². The van der Waals surface area contributed by atoms with Crippen LogP contribution >= 0.6 is 27.3 Å². The summed E-state index contributed by atoms with van der Waals surface area (Å²) in [5.41, 5.74) is 1.74. The van der Waals surface area contributed by atoms with E-state index in [2.05, 4.69) is 20.9 Å². The molecule has 0 spiro atoms. The lowest BCUT2D eigenvalue weighted by atomic mass is 10.1. The van der Waals surface area contributed by atoms with Crippen LogP contribution in [0.25, 0.3) is 16.2 Å². The number of hydrogen-bond acceptors (Lipinski definition) is 5. The molecule has 3 aromatic rings. The van der Waals surface area contributed by atoms with Gasteiger partial charge in [0.2, 0.25) is 0 Å². The van der Waals surface area contributed by atoms with Crippen molar-refractivity contribution in [1.82, 2.24) is 9.38 Å². The largest absolute Gasteiger partial charge is 0.490 e. The first-order chi connectivity index (χ1) is 11.5. The van der Waals surface area contributed by atoms with Gasteiger partial charge in [0.25, 0.3) is 0 Å². The summed E-state index contributed by atoms with van der Waals surface area (Å²) in [5, 5.41) is 11.0. The SMILES string of the molecule is CCOc1cc(Br)c(-c2csc3nc(C(=O)O)cn23)cc1OCC. The van der Waals surface area contributed by atoms with Crippen LogP contribution in [0.15, 0.2) is 28.2 Å². The number of thiazole rings is 1. The Morgan fingerprint density at radius 3 is 2.58 bits per heavy atom. The lowest BCUT2D eigenvalue weighted by molar-refractivity contribution is 0.0691. The highest BCUT2D eigenvalue weighted by Gasteiger charge is 2.18. The van der Waals surface area contributed by atoms with Crippen LogP contribution in [0.5, 0.6) is 11.5 Å². The normalized spacial score (nSPS) is 11.0. The summed E-state index contributed by atoms with van der Waals surface area (Å²) in [7, 11) is 0. The number of carboxylic acid groups (broad SMARTS) is 1.